The van der Waals surface area contributed by atoms with Gasteiger partial charge < -0.3 is 5.32 Å². The van der Waals surface area contributed by atoms with Crippen molar-refractivity contribution in [1.29, 1.82) is 0 Å². The maximum absolute atomic E-state index is 13.1. The van der Waals surface area contributed by atoms with Gasteiger partial charge in [0.15, 0.2) is 0 Å². The highest BCUT2D eigenvalue weighted by Gasteiger charge is 2.20. The number of hydrogen-bond acceptors (Lipinski definition) is 3. The summed E-state index contributed by atoms with van der Waals surface area (Å²) in [6.07, 6.45) is 3.92. The van der Waals surface area contributed by atoms with Crippen LogP contribution in [0.4, 0.5) is 10.1 Å². The van der Waals surface area contributed by atoms with Crippen molar-refractivity contribution in [1.82, 2.24) is 4.98 Å². The molecule has 0 fully saturated rings. The lowest BCUT2D eigenvalue weighted by molar-refractivity contribution is 0.620. The van der Waals surface area contributed by atoms with E-state index in [-0.39, 0.29) is 11.9 Å². The molecule has 1 atom stereocenters. The van der Waals surface area contributed by atoms with Crippen molar-refractivity contribution in [2.75, 3.05) is 11.1 Å². The summed E-state index contributed by atoms with van der Waals surface area (Å²) >= 11 is 1.88. The van der Waals surface area contributed by atoms with Crippen molar-refractivity contribution in [3.8, 4) is 0 Å². The number of nitrogens with one attached hydrogen (secondary N) is 1. The predicted molar refractivity (Wildman–Crippen MR) is 72.3 cm³/mol. The molecule has 1 aliphatic heterocycles. The average molecular weight is 260 g/mol. The Labute approximate surface area is 110 Å². The minimum absolute atomic E-state index is 0.242. The zero-order valence-electron chi connectivity index (χ0n) is 9.77. The third kappa shape index (κ3) is 2.34. The number of hydrogen-bond donors (Lipinski definition) is 1. The third-order valence-electron chi connectivity index (χ3n) is 3.00. The van der Waals surface area contributed by atoms with Crippen LogP contribution in [0.3, 0.4) is 0 Å². The molecule has 2 aromatic rings. The van der Waals surface area contributed by atoms with Gasteiger partial charge in [-0.1, -0.05) is 18.2 Å². The Morgan fingerprint density at radius 3 is 3.06 bits per heavy atom. The van der Waals surface area contributed by atoms with E-state index in [0.29, 0.717) is 0 Å². The number of halogens is 1. The second kappa shape index (κ2) is 4.98. The molecule has 3 rings (SSSR count). The van der Waals surface area contributed by atoms with Crippen molar-refractivity contribution in [3.05, 3.63) is 54.1 Å². The molecule has 4 heteroatoms. The monoisotopic (exact) mass is 260 g/mol. The summed E-state index contributed by atoms with van der Waals surface area (Å²) in [5.41, 5.74) is 2.03. The van der Waals surface area contributed by atoms with Crippen LogP contribution in [0, 0.1) is 5.82 Å². The molecular formula is C14H13FN2S. The number of anilines is 1. The fraction of sp³-hybridized carbons (Fsp3) is 0.214. The Morgan fingerprint density at radius 2 is 2.17 bits per heavy atom. The lowest BCUT2D eigenvalue weighted by atomic mass is 10.0. The maximum Gasteiger partial charge on any atom is 0.143 e. The highest BCUT2D eigenvalue weighted by Crippen LogP contribution is 2.37. The Kier molecular flexibility index (Phi) is 3.19. The molecule has 18 heavy (non-hydrogen) atoms. The summed E-state index contributed by atoms with van der Waals surface area (Å²) in [6, 6.07) is 10.1. The van der Waals surface area contributed by atoms with Crippen LogP contribution in [0.2, 0.25) is 0 Å². The first-order valence-electron chi connectivity index (χ1n) is 5.92. The van der Waals surface area contributed by atoms with Gasteiger partial charge >= 0.3 is 0 Å². The Morgan fingerprint density at radius 1 is 1.28 bits per heavy atom. The van der Waals surface area contributed by atoms with Crippen LogP contribution in [0.25, 0.3) is 0 Å². The molecule has 1 N–H and O–H groups in total. The molecule has 0 saturated heterocycles. The maximum atomic E-state index is 13.1. The molecule has 0 spiro atoms. The van der Waals surface area contributed by atoms with E-state index in [1.807, 2.05) is 17.8 Å². The topological polar surface area (TPSA) is 24.9 Å². The van der Waals surface area contributed by atoms with Crippen molar-refractivity contribution in [3.63, 3.8) is 0 Å². The first-order chi connectivity index (χ1) is 8.83. The summed E-state index contributed by atoms with van der Waals surface area (Å²) in [7, 11) is 0. The summed E-state index contributed by atoms with van der Waals surface area (Å²) in [5, 5.41) is 3.36. The first-order valence-corrected chi connectivity index (χ1v) is 6.90. The van der Waals surface area contributed by atoms with E-state index in [0.717, 1.165) is 17.9 Å². The third-order valence-corrected chi connectivity index (χ3v) is 4.13. The van der Waals surface area contributed by atoms with Gasteiger partial charge in [0.1, 0.15) is 5.82 Å². The largest absolute Gasteiger partial charge is 0.377 e. The number of nitrogens with zero attached hydrogens (tertiary/aromatic N) is 1. The number of rotatable bonds is 2. The van der Waals surface area contributed by atoms with Gasteiger partial charge in [-0.2, -0.15) is 0 Å². The van der Waals surface area contributed by atoms with Crippen LogP contribution in [0.15, 0.2) is 47.6 Å². The minimum Gasteiger partial charge on any atom is -0.377 e. The average Bonchev–Trinajstić information content (AvgIpc) is 2.39. The van der Waals surface area contributed by atoms with Crippen LogP contribution < -0.4 is 5.32 Å². The quantitative estimate of drug-likeness (QED) is 0.887. The summed E-state index contributed by atoms with van der Waals surface area (Å²) in [4.78, 5) is 5.17. The zero-order valence-corrected chi connectivity index (χ0v) is 10.6. The van der Waals surface area contributed by atoms with Gasteiger partial charge in [0.2, 0.25) is 0 Å². The Bertz CT molecular complexity index is 559. The molecule has 2 nitrogen and oxygen atoms in total. The number of thioether (sulfide) groups is 1. The van der Waals surface area contributed by atoms with E-state index < -0.39 is 0 Å². The summed E-state index contributed by atoms with van der Waals surface area (Å²) in [6.45, 7) is 0. The van der Waals surface area contributed by atoms with Gasteiger partial charge in [-0.3, -0.25) is 4.98 Å². The number of fused-ring (bicyclic) bond motifs is 1. The molecule has 1 aromatic carbocycles. The minimum atomic E-state index is -0.307. The lowest BCUT2D eigenvalue weighted by Gasteiger charge is -2.26. The summed E-state index contributed by atoms with van der Waals surface area (Å²) < 4.78 is 13.1. The van der Waals surface area contributed by atoms with Crippen LogP contribution in [-0.2, 0) is 0 Å². The summed E-state index contributed by atoms with van der Waals surface area (Å²) in [5.74, 6) is 0.774. The van der Waals surface area contributed by atoms with Crippen LogP contribution in [0.1, 0.15) is 18.0 Å². The second-order valence-electron chi connectivity index (χ2n) is 4.26. The zero-order chi connectivity index (χ0) is 12.4. The van der Waals surface area contributed by atoms with Crippen LogP contribution >= 0.6 is 11.8 Å². The van der Waals surface area contributed by atoms with E-state index in [9.17, 15) is 4.39 Å². The lowest BCUT2D eigenvalue weighted by Crippen LogP contribution is -2.16. The van der Waals surface area contributed by atoms with Crippen LogP contribution in [-0.4, -0.2) is 10.7 Å². The van der Waals surface area contributed by atoms with Crippen molar-refractivity contribution in [2.45, 2.75) is 17.4 Å². The van der Waals surface area contributed by atoms with Crippen molar-refractivity contribution >= 4 is 17.4 Å². The van der Waals surface area contributed by atoms with E-state index in [2.05, 4.69) is 28.5 Å². The SMILES string of the molecule is Fc1cncc(NC2CCSc3ccccc32)c1. The van der Waals surface area contributed by atoms with Gasteiger partial charge in [-0.15, -0.1) is 11.8 Å². The molecule has 0 aliphatic carbocycles. The van der Waals surface area contributed by atoms with E-state index in [4.69, 9.17) is 0 Å². The highest BCUT2D eigenvalue weighted by atomic mass is 32.2. The van der Waals surface area contributed by atoms with E-state index in [1.54, 1.807) is 6.20 Å². The molecule has 0 amide bonds. The standard InChI is InChI=1S/C14H13FN2S/c15-10-7-11(9-16-8-10)17-13-5-6-18-14-4-2-1-3-12(13)14/h1-4,7-9,13,17H,5-6H2. The molecule has 1 unspecified atom stereocenters. The Balaban J connectivity index is 1.86. The molecular weight excluding hydrogens is 247 g/mol. The first kappa shape index (κ1) is 11.5. The molecule has 2 heterocycles. The van der Waals surface area contributed by atoms with E-state index in [1.165, 1.54) is 22.7 Å². The van der Waals surface area contributed by atoms with Gasteiger partial charge in [-0.05, 0) is 18.1 Å². The molecule has 1 aliphatic rings. The van der Waals surface area contributed by atoms with Crippen molar-refractivity contribution in [2.24, 2.45) is 0 Å². The molecule has 0 bridgehead atoms. The smallest absolute Gasteiger partial charge is 0.143 e. The molecule has 0 radical (unpaired) electrons. The second-order valence-corrected chi connectivity index (χ2v) is 5.40. The van der Waals surface area contributed by atoms with Gasteiger partial charge in [0.25, 0.3) is 0 Å². The number of aromatic nitrogens is 1. The molecule has 0 saturated carbocycles. The number of benzene rings is 1. The van der Waals surface area contributed by atoms with Gasteiger partial charge in [0, 0.05) is 16.7 Å². The Hall–Kier alpha value is -1.55. The van der Waals surface area contributed by atoms with Crippen LogP contribution in [0.5, 0.6) is 0 Å². The number of pyridine rings is 1. The van der Waals surface area contributed by atoms with Gasteiger partial charge in [-0.25, -0.2) is 4.39 Å². The van der Waals surface area contributed by atoms with Gasteiger partial charge in [0.05, 0.1) is 24.1 Å². The fourth-order valence-corrected chi connectivity index (χ4v) is 3.31. The highest BCUT2D eigenvalue weighted by molar-refractivity contribution is 7.99. The van der Waals surface area contributed by atoms with E-state index >= 15 is 0 Å². The molecule has 1 aromatic heterocycles. The predicted octanol–water partition coefficient (Wildman–Crippen LogP) is 3.87. The van der Waals surface area contributed by atoms with Crippen molar-refractivity contribution < 1.29 is 4.39 Å². The fourth-order valence-electron chi connectivity index (χ4n) is 2.18. The molecule has 92 valence electrons. The normalized spacial score (nSPS) is 18.2.